The Labute approximate surface area is 304 Å². The fraction of sp³-hybridized carbons (Fsp3) is 0.500. The van der Waals surface area contributed by atoms with E-state index < -0.39 is 27.5 Å². The van der Waals surface area contributed by atoms with E-state index in [1.54, 1.807) is 34.9 Å². The number of pyridine rings is 2. The van der Waals surface area contributed by atoms with Gasteiger partial charge in [-0.15, -0.1) is 0 Å². The van der Waals surface area contributed by atoms with Crippen molar-refractivity contribution >= 4 is 38.0 Å². The van der Waals surface area contributed by atoms with E-state index in [2.05, 4.69) is 10.2 Å². The van der Waals surface area contributed by atoms with Gasteiger partial charge in [0.1, 0.15) is 17.2 Å². The molecule has 7 rings (SSSR count). The quantitative estimate of drug-likeness (QED) is 0.226. The summed E-state index contributed by atoms with van der Waals surface area (Å²) < 4.78 is 64.1. The van der Waals surface area contributed by atoms with Crippen LogP contribution in [0.25, 0.3) is 21.8 Å². The Balaban J connectivity index is 0.000000281. The molecule has 4 aromatic rings. The van der Waals surface area contributed by atoms with Crippen LogP contribution < -0.4 is 16.4 Å². The van der Waals surface area contributed by atoms with Crippen LogP contribution in [0, 0.1) is 11.6 Å². The number of halogens is 2. The van der Waals surface area contributed by atoms with E-state index >= 15 is 0 Å². The Hall–Kier alpha value is -4.14. The number of carbonyl (C=O) groups excluding carboxylic acids is 1. The molecule has 2 aromatic carbocycles. The fourth-order valence-electron chi connectivity index (χ4n) is 7.09. The van der Waals surface area contributed by atoms with E-state index in [4.69, 9.17) is 8.92 Å². The highest BCUT2D eigenvalue weighted by atomic mass is 32.2. The second-order valence-corrected chi connectivity index (χ2v) is 15.6. The third-order valence-corrected chi connectivity index (χ3v) is 9.73. The second-order valence-electron chi connectivity index (χ2n) is 14.0. The molecule has 1 fully saturated rings. The summed E-state index contributed by atoms with van der Waals surface area (Å²) in [5.41, 5.74) is 1.46. The number of piperidine rings is 1. The number of nitrogens with zero attached hydrogens (tertiary/aromatic N) is 3. The minimum atomic E-state index is -3.60. The second kappa shape index (κ2) is 16.3. The number of rotatable bonds is 6. The third kappa shape index (κ3) is 9.07. The van der Waals surface area contributed by atoms with Gasteiger partial charge in [0.2, 0.25) is 0 Å². The maximum absolute atomic E-state index is 14.6. The van der Waals surface area contributed by atoms with Crippen molar-refractivity contribution in [1.82, 2.24) is 19.4 Å². The average molecular weight is 747 g/mol. The fourth-order valence-corrected chi connectivity index (χ4v) is 7.51. The highest BCUT2D eigenvalue weighted by Crippen LogP contribution is 2.36. The van der Waals surface area contributed by atoms with E-state index in [-0.39, 0.29) is 70.4 Å². The predicted octanol–water partition coefficient (Wildman–Crippen LogP) is 6.35. The number of alkyl carbamates (subject to hydrolysis) is 1. The van der Waals surface area contributed by atoms with Crippen molar-refractivity contribution in [1.29, 1.82) is 0 Å². The molecule has 52 heavy (non-hydrogen) atoms. The molecule has 2 aromatic heterocycles. The molecule has 286 valence electrons. The summed E-state index contributed by atoms with van der Waals surface area (Å²) in [5, 5.41) is 4.60. The van der Waals surface area contributed by atoms with Gasteiger partial charge in [0.05, 0.1) is 23.9 Å². The number of carbonyl (C=O) groups is 1. The minimum Gasteiger partial charge on any atom is -0.444 e. The first-order valence-corrected chi connectivity index (χ1v) is 18.1. The molecule has 11 nitrogen and oxygen atoms in total. The van der Waals surface area contributed by atoms with E-state index in [9.17, 15) is 31.6 Å². The SMILES string of the molecule is C.C.C.CC(C)(C)OC(=O)NC1CCN(C[C@@H]2Cn3c(=O)ccc4ccc(F)c2c43)CC1.CS(=O)(=O)OC[C@@H]1Cn2c(=O)ccc3ccc(F)c1c32. The number of nitrogens with one attached hydrogen (secondary N) is 1. The van der Waals surface area contributed by atoms with Crippen LogP contribution in [0.15, 0.2) is 58.1 Å². The van der Waals surface area contributed by atoms with Crippen LogP contribution in [-0.2, 0) is 32.1 Å². The molecular formula is C38H52F2N4O7S. The van der Waals surface area contributed by atoms with Crippen molar-refractivity contribution in [3.63, 3.8) is 0 Å². The molecule has 0 bridgehead atoms. The minimum absolute atomic E-state index is 0. The predicted molar refractivity (Wildman–Crippen MR) is 202 cm³/mol. The zero-order valence-electron chi connectivity index (χ0n) is 27.9. The number of aromatic nitrogens is 2. The molecule has 1 saturated heterocycles. The topological polar surface area (TPSA) is 129 Å². The molecule has 2 atom stereocenters. The lowest BCUT2D eigenvalue weighted by Crippen LogP contribution is -2.46. The van der Waals surface area contributed by atoms with Crippen molar-refractivity contribution < 1.29 is 30.9 Å². The van der Waals surface area contributed by atoms with Gasteiger partial charge in [-0.05, 0) is 80.8 Å². The van der Waals surface area contributed by atoms with E-state index in [0.717, 1.165) is 48.5 Å². The van der Waals surface area contributed by atoms with Gasteiger partial charge >= 0.3 is 6.09 Å². The molecule has 3 aliphatic rings. The molecule has 5 heterocycles. The van der Waals surface area contributed by atoms with Crippen molar-refractivity contribution in [2.24, 2.45) is 0 Å². The lowest BCUT2D eigenvalue weighted by Gasteiger charge is -2.34. The first-order chi connectivity index (χ1) is 23.1. The Morgan fingerprint density at radius 3 is 1.75 bits per heavy atom. The van der Waals surface area contributed by atoms with Crippen LogP contribution in [0.2, 0.25) is 0 Å². The van der Waals surface area contributed by atoms with E-state index in [1.807, 2.05) is 20.8 Å². The molecule has 0 spiro atoms. The largest absolute Gasteiger partial charge is 0.444 e. The van der Waals surface area contributed by atoms with Crippen LogP contribution in [-0.4, -0.2) is 72.7 Å². The highest BCUT2D eigenvalue weighted by molar-refractivity contribution is 7.85. The van der Waals surface area contributed by atoms with Crippen molar-refractivity contribution in [3.8, 4) is 0 Å². The molecule has 1 amide bonds. The zero-order chi connectivity index (χ0) is 35.2. The first-order valence-electron chi connectivity index (χ1n) is 16.3. The molecule has 3 aliphatic heterocycles. The number of hydrogen-bond donors (Lipinski definition) is 1. The Morgan fingerprint density at radius 1 is 0.808 bits per heavy atom. The summed E-state index contributed by atoms with van der Waals surface area (Å²) >= 11 is 0. The lowest BCUT2D eigenvalue weighted by atomic mass is 9.97. The normalized spacial score (nSPS) is 18.1. The van der Waals surface area contributed by atoms with Crippen LogP contribution in [0.5, 0.6) is 0 Å². The molecule has 1 N–H and O–H groups in total. The molecular weight excluding hydrogens is 695 g/mol. The smallest absolute Gasteiger partial charge is 0.407 e. The molecule has 0 aliphatic carbocycles. The Kier molecular flexibility index (Phi) is 13.2. The van der Waals surface area contributed by atoms with Gasteiger partial charge in [0.15, 0.2) is 0 Å². The van der Waals surface area contributed by atoms with Crippen LogP contribution >= 0.6 is 0 Å². The molecule has 0 radical (unpaired) electrons. The summed E-state index contributed by atoms with van der Waals surface area (Å²) in [4.78, 5) is 38.4. The zero-order valence-corrected chi connectivity index (χ0v) is 28.7. The van der Waals surface area contributed by atoms with Crippen molar-refractivity contribution in [2.45, 2.75) is 92.5 Å². The van der Waals surface area contributed by atoms with Gasteiger partial charge in [-0.3, -0.25) is 13.8 Å². The standard InChI is InChI=1S/C22H28FN3O3.C13H12FNO4S.3CH4/c1-22(2,3)29-21(28)24-16-8-10-25(11-9-16)12-15-13-26-18(27)7-5-14-4-6-17(23)19(15)20(14)26;1-20(17,18)19-7-9-6-15-11(16)5-3-8-2-4-10(14)12(9)13(8)15;;;/h4-7,15-16H,8-13H2,1-3H3,(H,24,28);2-5,9H,6-7H2,1H3;3*1H4/t15-;9-;;;/m10.../s1. The summed E-state index contributed by atoms with van der Waals surface area (Å²) in [7, 11) is -3.60. The first kappa shape index (κ1) is 42.3. The molecule has 0 saturated carbocycles. The van der Waals surface area contributed by atoms with E-state index in [1.165, 1.54) is 22.8 Å². The third-order valence-electron chi connectivity index (χ3n) is 9.17. The molecule has 14 heteroatoms. The van der Waals surface area contributed by atoms with Crippen molar-refractivity contribution in [3.05, 3.63) is 92.0 Å². The Morgan fingerprint density at radius 2 is 1.27 bits per heavy atom. The van der Waals surface area contributed by atoms with Gasteiger partial charge in [-0.2, -0.15) is 8.42 Å². The summed E-state index contributed by atoms with van der Waals surface area (Å²) in [6.45, 7) is 8.45. The van der Waals surface area contributed by atoms with E-state index in [0.29, 0.717) is 29.7 Å². The maximum Gasteiger partial charge on any atom is 0.407 e. The number of benzene rings is 2. The van der Waals surface area contributed by atoms with Gasteiger partial charge in [0.25, 0.3) is 21.2 Å². The molecule has 0 unspecified atom stereocenters. The highest BCUT2D eigenvalue weighted by Gasteiger charge is 2.32. The van der Waals surface area contributed by atoms with Crippen LogP contribution in [0.3, 0.4) is 0 Å². The maximum atomic E-state index is 14.6. The van der Waals surface area contributed by atoms with Gasteiger partial charge < -0.3 is 24.1 Å². The number of amides is 1. The monoisotopic (exact) mass is 746 g/mol. The summed E-state index contributed by atoms with van der Waals surface area (Å²) in [6.07, 6.45) is 2.21. The van der Waals surface area contributed by atoms with Gasteiger partial charge in [0, 0.05) is 73.9 Å². The van der Waals surface area contributed by atoms with Crippen LogP contribution in [0.1, 0.15) is 78.9 Å². The number of likely N-dealkylation sites (tertiary alicyclic amines) is 1. The average Bonchev–Trinajstić information content (AvgIpc) is 3.60. The summed E-state index contributed by atoms with van der Waals surface area (Å²) in [6, 6.07) is 12.6. The number of ether oxygens (including phenoxy) is 1. The number of hydrogen-bond acceptors (Lipinski definition) is 8. The van der Waals surface area contributed by atoms with Gasteiger partial charge in [-0.1, -0.05) is 22.3 Å². The van der Waals surface area contributed by atoms with Crippen molar-refractivity contribution in [2.75, 3.05) is 32.5 Å². The van der Waals surface area contributed by atoms with Gasteiger partial charge in [-0.25, -0.2) is 13.6 Å². The Bertz CT molecular complexity index is 2150. The lowest BCUT2D eigenvalue weighted by molar-refractivity contribution is 0.0477. The summed E-state index contributed by atoms with van der Waals surface area (Å²) in [5.74, 6) is -1.20. The van der Waals surface area contributed by atoms with Crippen LogP contribution in [0.4, 0.5) is 13.6 Å².